The van der Waals surface area contributed by atoms with E-state index >= 15 is 0 Å². The Morgan fingerprint density at radius 1 is 1.36 bits per heavy atom. The molecule has 0 saturated carbocycles. The molecule has 0 radical (unpaired) electrons. The second-order valence-electron chi connectivity index (χ2n) is 3.68. The zero-order valence-corrected chi connectivity index (χ0v) is 10.1. The molecule has 2 nitrogen and oxygen atoms in total. The molecular weight excluding hydrogens is 240 g/mol. The lowest BCUT2D eigenvalue weighted by Crippen LogP contribution is -2.13. The molecule has 0 aliphatic carbocycles. The molecule has 0 atom stereocenters. The molecule has 0 bridgehead atoms. The van der Waals surface area contributed by atoms with Crippen LogP contribution in [0.1, 0.15) is 20.3 Å². The van der Waals surface area contributed by atoms with Gasteiger partial charge in [0.25, 0.3) is 0 Å². The molecule has 76 valence electrons. The normalized spacial score (nSPS) is 12.1. The van der Waals surface area contributed by atoms with Gasteiger partial charge in [-0.3, -0.25) is 0 Å². The van der Waals surface area contributed by atoms with Crippen molar-refractivity contribution < 1.29 is 0 Å². The van der Waals surface area contributed by atoms with Gasteiger partial charge >= 0.3 is 0 Å². The highest BCUT2D eigenvalue weighted by Crippen LogP contribution is 2.17. The molecule has 0 unspecified atom stereocenters. The van der Waals surface area contributed by atoms with Crippen molar-refractivity contribution in [2.45, 2.75) is 20.3 Å². The summed E-state index contributed by atoms with van der Waals surface area (Å²) in [4.78, 5) is 4.31. The van der Waals surface area contributed by atoms with Crippen molar-refractivity contribution in [2.75, 3.05) is 0 Å². The summed E-state index contributed by atoms with van der Waals surface area (Å²) in [5.74, 6) is 1.25. The van der Waals surface area contributed by atoms with Crippen LogP contribution in [0.2, 0.25) is 0 Å². The number of amidine groups is 1. The van der Waals surface area contributed by atoms with Crippen LogP contribution in [0.25, 0.3) is 0 Å². The van der Waals surface area contributed by atoms with Crippen LogP contribution in [0.3, 0.4) is 0 Å². The first-order valence-electron chi connectivity index (χ1n) is 4.66. The van der Waals surface area contributed by atoms with Crippen LogP contribution in [0, 0.1) is 5.92 Å². The van der Waals surface area contributed by atoms with Crippen molar-refractivity contribution in [3.63, 3.8) is 0 Å². The molecule has 0 saturated heterocycles. The zero-order chi connectivity index (χ0) is 10.6. The lowest BCUT2D eigenvalue weighted by molar-refractivity contribution is 0.681. The van der Waals surface area contributed by atoms with Crippen molar-refractivity contribution in [1.82, 2.24) is 0 Å². The summed E-state index contributed by atoms with van der Waals surface area (Å²) in [6.07, 6.45) is 0.843. The van der Waals surface area contributed by atoms with Gasteiger partial charge in [0.15, 0.2) is 0 Å². The quantitative estimate of drug-likeness (QED) is 0.651. The number of nitrogens with zero attached hydrogens (tertiary/aromatic N) is 1. The summed E-state index contributed by atoms with van der Waals surface area (Å²) < 4.78 is 1.05. The van der Waals surface area contributed by atoms with Crippen molar-refractivity contribution in [2.24, 2.45) is 16.6 Å². The molecule has 14 heavy (non-hydrogen) atoms. The van der Waals surface area contributed by atoms with Gasteiger partial charge < -0.3 is 5.73 Å². The summed E-state index contributed by atoms with van der Waals surface area (Å²) in [5.41, 5.74) is 6.69. The second-order valence-corrected chi connectivity index (χ2v) is 4.59. The largest absolute Gasteiger partial charge is 0.387 e. The first-order valence-corrected chi connectivity index (χ1v) is 5.46. The first kappa shape index (κ1) is 11.2. The average Bonchev–Trinajstić information content (AvgIpc) is 2.07. The van der Waals surface area contributed by atoms with Crippen molar-refractivity contribution in [3.8, 4) is 0 Å². The highest BCUT2D eigenvalue weighted by atomic mass is 79.9. The van der Waals surface area contributed by atoms with Crippen LogP contribution in [0.15, 0.2) is 33.7 Å². The zero-order valence-electron chi connectivity index (χ0n) is 8.50. The van der Waals surface area contributed by atoms with Crippen LogP contribution in [-0.2, 0) is 0 Å². The van der Waals surface area contributed by atoms with E-state index in [0.717, 1.165) is 16.6 Å². The van der Waals surface area contributed by atoms with E-state index in [-0.39, 0.29) is 0 Å². The van der Waals surface area contributed by atoms with E-state index in [1.807, 2.05) is 24.3 Å². The van der Waals surface area contributed by atoms with Crippen LogP contribution in [-0.4, -0.2) is 5.84 Å². The first-order chi connectivity index (χ1) is 6.58. The monoisotopic (exact) mass is 254 g/mol. The minimum Gasteiger partial charge on any atom is -0.387 e. The van der Waals surface area contributed by atoms with Gasteiger partial charge in [-0.15, -0.1) is 0 Å². The van der Waals surface area contributed by atoms with E-state index in [2.05, 4.69) is 34.8 Å². The third-order valence-electron chi connectivity index (χ3n) is 1.72. The molecule has 3 heteroatoms. The highest BCUT2D eigenvalue weighted by Gasteiger charge is 1.98. The Balaban J connectivity index is 2.71. The topological polar surface area (TPSA) is 38.4 Å². The number of hydrogen-bond acceptors (Lipinski definition) is 1. The highest BCUT2D eigenvalue weighted by molar-refractivity contribution is 9.10. The fourth-order valence-electron chi connectivity index (χ4n) is 1.15. The Labute approximate surface area is 93.4 Å². The summed E-state index contributed by atoms with van der Waals surface area (Å²) in [7, 11) is 0. The summed E-state index contributed by atoms with van der Waals surface area (Å²) in [5, 5.41) is 0. The number of hydrogen-bond donors (Lipinski definition) is 1. The maximum Gasteiger partial charge on any atom is 0.0998 e. The molecule has 0 aliphatic rings. The molecule has 0 spiro atoms. The predicted molar refractivity (Wildman–Crippen MR) is 64.9 cm³/mol. The fraction of sp³-hybridized carbons (Fsp3) is 0.364. The van der Waals surface area contributed by atoms with Gasteiger partial charge in [0, 0.05) is 10.9 Å². The van der Waals surface area contributed by atoms with Crippen LogP contribution in [0.4, 0.5) is 5.69 Å². The Kier molecular flexibility index (Phi) is 4.14. The number of benzene rings is 1. The van der Waals surface area contributed by atoms with E-state index in [0.29, 0.717) is 11.8 Å². The minimum atomic E-state index is 0.550. The summed E-state index contributed by atoms with van der Waals surface area (Å²) in [6, 6.07) is 7.80. The number of halogens is 1. The fourth-order valence-corrected chi connectivity index (χ4v) is 1.41. The second kappa shape index (κ2) is 5.15. The molecule has 1 aromatic carbocycles. The van der Waals surface area contributed by atoms with Gasteiger partial charge in [-0.25, -0.2) is 4.99 Å². The maximum absolute atomic E-state index is 5.78. The number of aliphatic imine (C=N–C) groups is 1. The molecule has 1 rings (SSSR count). The Bertz CT molecular complexity index is 315. The molecule has 0 heterocycles. The molecule has 0 aromatic heterocycles. The third-order valence-corrected chi connectivity index (χ3v) is 2.25. The molecule has 1 aromatic rings. The van der Waals surface area contributed by atoms with E-state index in [4.69, 9.17) is 5.73 Å². The molecule has 0 fully saturated rings. The standard InChI is InChI=1S/C11H15BrN2/c1-8(2)7-11(13)14-10-5-3-9(12)4-6-10/h3-6,8H,7H2,1-2H3,(H2,13,14). The Morgan fingerprint density at radius 3 is 2.43 bits per heavy atom. The van der Waals surface area contributed by atoms with Crippen molar-refractivity contribution in [3.05, 3.63) is 28.7 Å². The molecular formula is C11H15BrN2. The van der Waals surface area contributed by atoms with Gasteiger partial charge in [0.2, 0.25) is 0 Å². The average molecular weight is 255 g/mol. The van der Waals surface area contributed by atoms with E-state index in [1.54, 1.807) is 0 Å². The minimum absolute atomic E-state index is 0.550. The van der Waals surface area contributed by atoms with E-state index in [1.165, 1.54) is 0 Å². The van der Waals surface area contributed by atoms with Crippen LogP contribution >= 0.6 is 15.9 Å². The van der Waals surface area contributed by atoms with Gasteiger partial charge in [0.1, 0.15) is 0 Å². The van der Waals surface area contributed by atoms with Crippen molar-refractivity contribution >= 4 is 27.5 Å². The number of rotatable bonds is 3. The number of nitrogens with two attached hydrogens (primary N) is 1. The Morgan fingerprint density at radius 2 is 1.93 bits per heavy atom. The van der Waals surface area contributed by atoms with Gasteiger partial charge in [-0.2, -0.15) is 0 Å². The summed E-state index contributed by atoms with van der Waals surface area (Å²) in [6.45, 7) is 4.26. The van der Waals surface area contributed by atoms with Gasteiger partial charge in [0.05, 0.1) is 11.5 Å². The lowest BCUT2D eigenvalue weighted by atomic mass is 10.1. The molecule has 0 aliphatic heterocycles. The third kappa shape index (κ3) is 3.92. The predicted octanol–water partition coefficient (Wildman–Crippen LogP) is 3.48. The maximum atomic E-state index is 5.78. The van der Waals surface area contributed by atoms with Crippen LogP contribution in [0.5, 0.6) is 0 Å². The Hall–Kier alpha value is -0.830. The van der Waals surface area contributed by atoms with Crippen molar-refractivity contribution in [1.29, 1.82) is 0 Å². The SMILES string of the molecule is CC(C)CC(N)=Nc1ccc(Br)cc1. The van der Waals surface area contributed by atoms with Crippen LogP contribution < -0.4 is 5.73 Å². The van der Waals surface area contributed by atoms with E-state index in [9.17, 15) is 0 Å². The van der Waals surface area contributed by atoms with Gasteiger partial charge in [-0.1, -0.05) is 29.8 Å². The molecule has 0 amide bonds. The smallest absolute Gasteiger partial charge is 0.0998 e. The van der Waals surface area contributed by atoms with Gasteiger partial charge in [-0.05, 0) is 30.2 Å². The van der Waals surface area contributed by atoms with E-state index < -0.39 is 0 Å². The summed E-state index contributed by atoms with van der Waals surface area (Å²) >= 11 is 3.37. The molecule has 2 N–H and O–H groups in total. The lowest BCUT2D eigenvalue weighted by Gasteiger charge is -2.03.